The van der Waals surface area contributed by atoms with Gasteiger partial charge in [0.05, 0.1) is 23.7 Å². The first-order valence-electron chi connectivity index (χ1n) is 12.1. The van der Waals surface area contributed by atoms with Gasteiger partial charge in [-0.3, -0.25) is 9.78 Å². The first-order chi connectivity index (χ1) is 16.7. The molecule has 1 aliphatic rings. The van der Waals surface area contributed by atoms with Crippen LogP contribution in [0.15, 0.2) is 54.7 Å². The Labute approximate surface area is 206 Å². The lowest BCUT2D eigenvalue weighted by atomic mass is 9.96. The van der Waals surface area contributed by atoms with Gasteiger partial charge >= 0.3 is 11.9 Å². The number of esters is 2. The maximum absolute atomic E-state index is 12.7. The molecule has 0 atom stereocenters. The fourth-order valence-corrected chi connectivity index (χ4v) is 4.30. The maximum Gasteiger partial charge on any atom is 0.341 e. The fraction of sp³-hybridized carbons (Fsp3) is 0.393. The van der Waals surface area contributed by atoms with E-state index in [0.29, 0.717) is 11.3 Å². The van der Waals surface area contributed by atoms with Gasteiger partial charge in [0.15, 0.2) is 0 Å². The molecule has 1 aliphatic heterocycles. The third-order valence-corrected chi connectivity index (χ3v) is 5.99. The molecule has 0 amide bonds. The smallest absolute Gasteiger partial charge is 0.341 e. The van der Waals surface area contributed by atoms with E-state index < -0.39 is 11.6 Å². The highest BCUT2D eigenvalue weighted by atomic mass is 16.6. The Morgan fingerprint density at radius 3 is 2.46 bits per heavy atom. The van der Waals surface area contributed by atoms with Crippen molar-refractivity contribution in [3.63, 3.8) is 0 Å². The lowest BCUT2D eigenvalue weighted by Crippen LogP contribution is -2.38. The summed E-state index contributed by atoms with van der Waals surface area (Å²) in [5, 5.41) is 4.25. The largest absolute Gasteiger partial charge is 0.462 e. The Balaban J connectivity index is 1.63. The van der Waals surface area contributed by atoms with Crippen LogP contribution in [0, 0.1) is 5.92 Å². The Morgan fingerprint density at radius 1 is 1.09 bits per heavy atom. The lowest BCUT2D eigenvalue weighted by molar-refractivity contribution is -0.160. The minimum absolute atomic E-state index is 0.0849. The van der Waals surface area contributed by atoms with Gasteiger partial charge in [0.1, 0.15) is 11.2 Å². The van der Waals surface area contributed by atoms with Gasteiger partial charge in [-0.2, -0.15) is 0 Å². The monoisotopic (exact) mass is 475 g/mol. The minimum Gasteiger partial charge on any atom is -0.462 e. The van der Waals surface area contributed by atoms with Gasteiger partial charge in [0.25, 0.3) is 0 Å². The fourth-order valence-electron chi connectivity index (χ4n) is 4.30. The van der Waals surface area contributed by atoms with Crippen LogP contribution in [0.25, 0.3) is 10.9 Å². The molecule has 3 aromatic rings. The van der Waals surface area contributed by atoms with Crippen molar-refractivity contribution in [2.75, 3.05) is 29.9 Å². The van der Waals surface area contributed by atoms with Crippen LogP contribution in [-0.2, 0) is 14.3 Å². The predicted octanol–water partition coefficient (Wildman–Crippen LogP) is 5.71. The van der Waals surface area contributed by atoms with Crippen LogP contribution < -0.4 is 10.2 Å². The van der Waals surface area contributed by atoms with Crippen LogP contribution in [0.1, 0.15) is 50.9 Å². The van der Waals surface area contributed by atoms with Gasteiger partial charge in [-0.25, -0.2) is 4.79 Å². The second-order valence-corrected chi connectivity index (χ2v) is 9.75. The number of ether oxygens (including phenoxy) is 2. The van der Waals surface area contributed by atoms with E-state index in [2.05, 4.69) is 21.3 Å². The van der Waals surface area contributed by atoms with Crippen molar-refractivity contribution in [2.24, 2.45) is 5.92 Å². The van der Waals surface area contributed by atoms with Crippen LogP contribution in [-0.4, -0.2) is 42.2 Å². The average molecular weight is 476 g/mol. The summed E-state index contributed by atoms with van der Waals surface area (Å²) >= 11 is 0. The highest BCUT2D eigenvalue weighted by Gasteiger charge is 2.29. The van der Waals surface area contributed by atoms with Crippen molar-refractivity contribution in [1.82, 2.24) is 4.98 Å². The van der Waals surface area contributed by atoms with E-state index in [0.717, 1.165) is 48.2 Å². The van der Waals surface area contributed by atoms with E-state index in [1.807, 2.05) is 63.2 Å². The van der Waals surface area contributed by atoms with Crippen LogP contribution in [0.2, 0.25) is 0 Å². The number of nitrogens with zero attached hydrogens (tertiary/aromatic N) is 2. The number of carbonyl (C=O) groups excluding carboxylic acids is 2. The summed E-state index contributed by atoms with van der Waals surface area (Å²) in [7, 11) is 0. The van der Waals surface area contributed by atoms with Crippen LogP contribution >= 0.6 is 0 Å². The van der Waals surface area contributed by atoms with Gasteiger partial charge in [-0.15, -0.1) is 0 Å². The van der Waals surface area contributed by atoms with Crippen molar-refractivity contribution >= 4 is 39.9 Å². The van der Waals surface area contributed by atoms with Gasteiger partial charge in [0, 0.05) is 36.0 Å². The van der Waals surface area contributed by atoms with Crippen LogP contribution in [0.3, 0.4) is 0 Å². The summed E-state index contributed by atoms with van der Waals surface area (Å²) < 4.78 is 10.9. The first-order valence-corrected chi connectivity index (χ1v) is 12.1. The standard InChI is InChI=1S/C28H33N3O4/c1-5-34-27(33)23-18-29-24-12-11-21(17-22(24)25(23)30-20-9-7-6-8-10-20)31-15-13-19(14-16-31)26(32)35-28(2,3)4/h6-12,17-19H,5,13-16H2,1-4H3,(H,29,30). The Hall–Kier alpha value is -3.61. The number of piperidine rings is 1. The third kappa shape index (κ3) is 5.91. The Kier molecular flexibility index (Phi) is 7.24. The van der Waals surface area contributed by atoms with Crippen LogP contribution in [0.5, 0.6) is 0 Å². The van der Waals surface area contributed by atoms with Crippen molar-refractivity contribution in [2.45, 2.75) is 46.1 Å². The van der Waals surface area contributed by atoms with Gasteiger partial charge in [-0.05, 0) is 70.9 Å². The van der Waals surface area contributed by atoms with E-state index in [9.17, 15) is 9.59 Å². The minimum atomic E-state index is -0.474. The molecule has 0 spiro atoms. The van der Waals surface area contributed by atoms with E-state index >= 15 is 0 Å². The second kappa shape index (κ2) is 10.3. The zero-order chi connectivity index (χ0) is 25.0. The summed E-state index contributed by atoms with van der Waals surface area (Å²) in [6.45, 7) is 9.27. The Bertz CT molecular complexity index is 1200. The number of aromatic nitrogens is 1. The first kappa shape index (κ1) is 24.5. The molecule has 2 aromatic carbocycles. The molecule has 184 valence electrons. The number of carbonyl (C=O) groups is 2. The van der Waals surface area contributed by atoms with Crippen LogP contribution in [0.4, 0.5) is 17.1 Å². The summed E-state index contributed by atoms with van der Waals surface area (Å²) in [5.74, 6) is -0.615. The quantitative estimate of drug-likeness (QED) is 0.457. The normalized spacial score (nSPS) is 14.6. The number of benzene rings is 2. The SMILES string of the molecule is CCOC(=O)c1cnc2ccc(N3CCC(C(=O)OC(C)(C)C)CC3)cc2c1Nc1ccccc1. The molecule has 35 heavy (non-hydrogen) atoms. The lowest BCUT2D eigenvalue weighted by Gasteiger charge is -2.34. The molecule has 2 heterocycles. The molecule has 7 heteroatoms. The highest BCUT2D eigenvalue weighted by Crippen LogP contribution is 2.34. The number of nitrogens with one attached hydrogen (secondary N) is 1. The number of pyridine rings is 1. The van der Waals surface area contributed by atoms with Crippen molar-refractivity contribution in [3.8, 4) is 0 Å². The second-order valence-electron chi connectivity index (χ2n) is 9.75. The number of rotatable bonds is 6. The average Bonchev–Trinajstić information content (AvgIpc) is 2.84. The van der Waals surface area contributed by atoms with Crippen molar-refractivity contribution in [1.29, 1.82) is 0 Å². The molecule has 1 N–H and O–H groups in total. The summed E-state index contributed by atoms with van der Waals surface area (Å²) in [5.41, 5.74) is 3.27. The number of anilines is 3. The molecule has 1 aromatic heterocycles. The number of hydrogen-bond donors (Lipinski definition) is 1. The molecule has 0 unspecified atom stereocenters. The summed E-state index contributed by atoms with van der Waals surface area (Å²) in [6, 6.07) is 15.8. The van der Waals surface area contributed by atoms with Gasteiger partial charge in [0.2, 0.25) is 0 Å². The van der Waals surface area contributed by atoms with E-state index in [4.69, 9.17) is 9.47 Å². The number of fused-ring (bicyclic) bond motifs is 1. The van der Waals surface area contributed by atoms with Gasteiger partial charge in [-0.1, -0.05) is 18.2 Å². The Morgan fingerprint density at radius 2 is 1.80 bits per heavy atom. The molecule has 0 aliphatic carbocycles. The molecule has 0 saturated carbocycles. The topological polar surface area (TPSA) is 80.8 Å². The number of hydrogen-bond acceptors (Lipinski definition) is 7. The highest BCUT2D eigenvalue weighted by molar-refractivity contribution is 6.06. The molecule has 0 radical (unpaired) electrons. The molecule has 4 rings (SSSR count). The van der Waals surface area contributed by atoms with E-state index in [-0.39, 0.29) is 18.5 Å². The van der Waals surface area contributed by atoms with Gasteiger partial charge < -0.3 is 19.7 Å². The van der Waals surface area contributed by atoms with E-state index in [1.165, 1.54) is 0 Å². The van der Waals surface area contributed by atoms with E-state index in [1.54, 1.807) is 13.1 Å². The molecule has 0 bridgehead atoms. The molecule has 1 saturated heterocycles. The molecule has 1 fully saturated rings. The molecule has 7 nitrogen and oxygen atoms in total. The van der Waals surface area contributed by atoms with Crippen molar-refractivity contribution < 1.29 is 19.1 Å². The summed E-state index contributed by atoms with van der Waals surface area (Å²) in [6.07, 6.45) is 3.05. The maximum atomic E-state index is 12.7. The summed E-state index contributed by atoms with van der Waals surface area (Å²) in [4.78, 5) is 32.0. The molecular formula is C28H33N3O4. The predicted molar refractivity (Wildman–Crippen MR) is 138 cm³/mol. The third-order valence-electron chi connectivity index (χ3n) is 5.99. The zero-order valence-corrected chi connectivity index (χ0v) is 20.8. The number of para-hydroxylation sites is 1. The zero-order valence-electron chi connectivity index (χ0n) is 20.8. The molecular weight excluding hydrogens is 442 g/mol. The van der Waals surface area contributed by atoms with Crippen molar-refractivity contribution in [3.05, 3.63) is 60.3 Å².